The number of hydrogen-bond acceptors (Lipinski definition) is 6. The van der Waals surface area contributed by atoms with Crippen LogP contribution < -0.4 is 20.7 Å². The Morgan fingerprint density at radius 1 is 1.21 bits per heavy atom. The van der Waals surface area contributed by atoms with Gasteiger partial charge in [-0.3, -0.25) is 15.0 Å². The van der Waals surface area contributed by atoms with Crippen molar-refractivity contribution in [3.05, 3.63) is 47.0 Å². The molecule has 0 radical (unpaired) electrons. The summed E-state index contributed by atoms with van der Waals surface area (Å²) in [5.74, 6) is -1.54. The zero-order chi connectivity index (χ0) is 24.6. The molecule has 1 aromatic heterocycles. The Morgan fingerprint density at radius 3 is 2.56 bits per heavy atom. The summed E-state index contributed by atoms with van der Waals surface area (Å²) in [7, 11) is 0. The minimum Gasteiger partial charge on any atom is -0.316 e. The molecule has 1 unspecified atom stereocenters. The van der Waals surface area contributed by atoms with Gasteiger partial charge in [0.1, 0.15) is 17.6 Å². The normalized spacial score (nSPS) is 18.6. The molecule has 8 nitrogen and oxygen atoms in total. The van der Waals surface area contributed by atoms with Crippen LogP contribution in [0.2, 0.25) is 0 Å². The van der Waals surface area contributed by atoms with Gasteiger partial charge in [0, 0.05) is 17.9 Å². The molecule has 12 heteroatoms. The number of hydrazine groups is 1. The zero-order valence-electron chi connectivity index (χ0n) is 18.6. The quantitative estimate of drug-likeness (QED) is 0.618. The Hall–Kier alpha value is -3.28. The maximum absolute atomic E-state index is 13.9. The van der Waals surface area contributed by atoms with Gasteiger partial charge >= 0.3 is 6.18 Å². The molecule has 1 aromatic carbocycles. The van der Waals surface area contributed by atoms with Gasteiger partial charge in [0.2, 0.25) is 11.9 Å². The van der Waals surface area contributed by atoms with Gasteiger partial charge < -0.3 is 10.2 Å². The number of hydrogen-bond donors (Lipinski definition) is 2. The van der Waals surface area contributed by atoms with E-state index in [1.54, 1.807) is 6.92 Å². The largest absolute Gasteiger partial charge is 0.433 e. The molecule has 2 aliphatic heterocycles. The number of anilines is 2. The summed E-state index contributed by atoms with van der Waals surface area (Å²) in [4.78, 5) is 34.9. The maximum atomic E-state index is 13.9. The van der Waals surface area contributed by atoms with Crippen molar-refractivity contribution < 1.29 is 27.2 Å². The highest BCUT2D eigenvalue weighted by Gasteiger charge is 2.42. The molecule has 2 fully saturated rings. The van der Waals surface area contributed by atoms with Crippen molar-refractivity contribution in [1.29, 1.82) is 0 Å². The monoisotopic (exact) mass is 480 g/mol. The Morgan fingerprint density at radius 2 is 1.94 bits per heavy atom. The van der Waals surface area contributed by atoms with Crippen LogP contribution in [0.1, 0.15) is 29.8 Å². The third kappa shape index (κ3) is 4.96. The number of carbonyl (C=O) groups excluding carboxylic acids is 2. The van der Waals surface area contributed by atoms with Crippen LogP contribution in [0.4, 0.5) is 29.2 Å². The fraction of sp³-hybridized carbons (Fsp3) is 0.455. The van der Waals surface area contributed by atoms with Crippen LogP contribution in [-0.2, 0) is 15.8 Å². The standard InChI is InChI=1S/C22H24F4N6O2/c1-12-7-15(3-4-16(12)23)31(6-5-14-10-27-11-14)20(34)17-9-19(33)30-32(17)21-28-13(2)8-18(29-21)22(24,25)26/h3-4,7-8,14,17,27H,5-6,9-11H2,1-2H3,(H,30,33). The molecule has 0 bridgehead atoms. The van der Waals surface area contributed by atoms with E-state index in [0.29, 0.717) is 30.1 Å². The van der Waals surface area contributed by atoms with E-state index >= 15 is 0 Å². The minimum atomic E-state index is -4.72. The molecule has 2 N–H and O–H groups in total. The van der Waals surface area contributed by atoms with Crippen LogP contribution in [0.5, 0.6) is 0 Å². The lowest BCUT2D eigenvalue weighted by Crippen LogP contribution is -2.51. The second-order valence-corrected chi connectivity index (χ2v) is 8.55. The van der Waals surface area contributed by atoms with Gasteiger partial charge in [0.05, 0.1) is 6.42 Å². The van der Waals surface area contributed by atoms with Gasteiger partial charge in [0.15, 0.2) is 0 Å². The van der Waals surface area contributed by atoms with Crippen LogP contribution >= 0.6 is 0 Å². The predicted octanol–water partition coefficient (Wildman–Crippen LogP) is 2.50. The average Bonchev–Trinajstić information content (AvgIpc) is 3.12. The van der Waals surface area contributed by atoms with E-state index in [1.165, 1.54) is 30.0 Å². The number of nitrogens with one attached hydrogen (secondary N) is 2. The summed E-state index contributed by atoms with van der Waals surface area (Å²) in [6.07, 6.45) is -4.33. The molecule has 1 atom stereocenters. The lowest BCUT2D eigenvalue weighted by Gasteiger charge is -2.33. The van der Waals surface area contributed by atoms with Gasteiger partial charge in [-0.25, -0.2) is 19.4 Å². The first kappa shape index (κ1) is 23.9. The fourth-order valence-corrected chi connectivity index (χ4v) is 3.93. The number of nitrogens with zero attached hydrogens (tertiary/aromatic N) is 4. The van der Waals surface area contributed by atoms with Crippen molar-refractivity contribution in [3.8, 4) is 0 Å². The van der Waals surface area contributed by atoms with Crippen LogP contribution in [0.15, 0.2) is 24.3 Å². The predicted molar refractivity (Wildman–Crippen MR) is 115 cm³/mol. The molecule has 4 rings (SSSR count). The summed E-state index contributed by atoms with van der Waals surface area (Å²) in [5, 5.41) is 4.15. The summed E-state index contributed by atoms with van der Waals surface area (Å²) in [6, 6.07) is 3.88. The molecule has 0 spiro atoms. The Kier molecular flexibility index (Phi) is 6.43. The Balaban J connectivity index is 1.67. The number of amides is 2. The molecule has 3 heterocycles. The number of carbonyl (C=O) groups is 2. The van der Waals surface area contributed by atoms with E-state index in [1.807, 2.05) is 0 Å². The van der Waals surface area contributed by atoms with E-state index in [4.69, 9.17) is 0 Å². The van der Waals surface area contributed by atoms with Gasteiger partial charge in [-0.1, -0.05) is 0 Å². The van der Waals surface area contributed by atoms with Crippen molar-refractivity contribution in [1.82, 2.24) is 20.7 Å². The summed E-state index contributed by atoms with van der Waals surface area (Å²) in [6.45, 7) is 4.88. The number of alkyl halides is 3. The van der Waals surface area contributed by atoms with Crippen LogP contribution in [0.25, 0.3) is 0 Å². The zero-order valence-corrected chi connectivity index (χ0v) is 18.6. The molecular weight excluding hydrogens is 456 g/mol. The van der Waals surface area contributed by atoms with E-state index in [2.05, 4.69) is 20.7 Å². The molecule has 2 amide bonds. The minimum absolute atomic E-state index is 0.0353. The first-order valence-corrected chi connectivity index (χ1v) is 10.8. The third-order valence-electron chi connectivity index (χ3n) is 5.92. The first-order valence-electron chi connectivity index (χ1n) is 10.8. The summed E-state index contributed by atoms with van der Waals surface area (Å²) >= 11 is 0. The second kappa shape index (κ2) is 9.16. The number of aryl methyl sites for hydroxylation is 2. The van der Waals surface area contributed by atoms with Crippen LogP contribution in [0, 0.1) is 25.6 Å². The van der Waals surface area contributed by atoms with Gasteiger partial charge in [-0.05, 0) is 69.1 Å². The van der Waals surface area contributed by atoms with Gasteiger partial charge in [0.25, 0.3) is 5.91 Å². The molecule has 2 saturated heterocycles. The second-order valence-electron chi connectivity index (χ2n) is 8.55. The van der Waals surface area contributed by atoms with Gasteiger partial charge in [-0.15, -0.1) is 0 Å². The van der Waals surface area contributed by atoms with E-state index in [0.717, 1.165) is 24.2 Å². The van der Waals surface area contributed by atoms with Crippen molar-refractivity contribution in [2.24, 2.45) is 5.92 Å². The molecule has 2 aromatic rings. The highest BCUT2D eigenvalue weighted by Crippen LogP contribution is 2.31. The van der Waals surface area contributed by atoms with E-state index < -0.39 is 41.5 Å². The third-order valence-corrected chi connectivity index (χ3v) is 5.92. The average molecular weight is 480 g/mol. The smallest absolute Gasteiger partial charge is 0.316 e. The lowest BCUT2D eigenvalue weighted by atomic mass is 9.98. The maximum Gasteiger partial charge on any atom is 0.433 e. The molecule has 2 aliphatic rings. The number of halogens is 4. The summed E-state index contributed by atoms with van der Waals surface area (Å²) in [5.41, 5.74) is 2.05. The van der Waals surface area contributed by atoms with Crippen molar-refractivity contribution in [3.63, 3.8) is 0 Å². The molecule has 182 valence electrons. The first-order chi connectivity index (χ1) is 16.0. The topological polar surface area (TPSA) is 90.5 Å². The van der Waals surface area contributed by atoms with Gasteiger partial charge in [-0.2, -0.15) is 13.2 Å². The fourth-order valence-electron chi connectivity index (χ4n) is 3.93. The van der Waals surface area contributed by atoms with Crippen molar-refractivity contribution in [2.45, 2.75) is 38.9 Å². The highest BCUT2D eigenvalue weighted by atomic mass is 19.4. The lowest BCUT2D eigenvalue weighted by molar-refractivity contribution is -0.141. The van der Waals surface area contributed by atoms with Crippen LogP contribution in [0.3, 0.4) is 0 Å². The Bertz CT molecular complexity index is 1110. The van der Waals surface area contributed by atoms with E-state index in [-0.39, 0.29) is 12.1 Å². The van der Waals surface area contributed by atoms with E-state index in [9.17, 15) is 27.2 Å². The molecule has 0 saturated carbocycles. The highest BCUT2D eigenvalue weighted by molar-refractivity contribution is 6.03. The van der Waals surface area contributed by atoms with Crippen molar-refractivity contribution >= 4 is 23.5 Å². The number of benzene rings is 1. The van der Waals surface area contributed by atoms with Crippen LogP contribution in [-0.4, -0.2) is 47.5 Å². The molecular formula is C22H24F4N6O2. The molecule has 0 aliphatic carbocycles. The van der Waals surface area contributed by atoms with Crippen molar-refractivity contribution in [2.75, 3.05) is 29.5 Å². The number of rotatable bonds is 6. The summed E-state index contributed by atoms with van der Waals surface area (Å²) < 4.78 is 53.8. The number of aromatic nitrogens is 2. The Labute approximate surface area is 193 Å². The SMILES string of the molecule is Cc1cc(C(F)(F)F)nc(N2NC(=O)CC2C(=O)N(CCC2CNC2)c2ccc(F)c(C)c2)n1. The molecule has 34 heavy (non-hydrogen) atoms.